The van der Waals surface area contributed by atoms with E-state index in [0.717, 1.165) is 16.0 Å². The van der Waals surface area contributed by atoms with Crippen molar-refractivity contribution in [3.8, 4) is 0 Å². The van der Waals surface area contributed by atoms with Crippen molar-refractivity contribution in [2.45, 2.75) is 62.9 Å². The predicted molar refractivity (Wildman–Crippen MR) is 116 cm³/mol. The minimum atomic E-state index is -2.13. The summed E-state index contributed by atoms with van der Waals surface area (Å²) in [6, 6.07) is 17.2. The van der Waals surface area contributed by atoms with Gasteiger partial charge >= 0.3 is 0 Å². The van der Waals surface area contributed by atoms with E-state index in [4.69, 9.17) is 4.43 Å². The monoisotopic (exact) mass is 404 g/mol. The smallest absolute Gasteiger partial charge is 0.192 e. The number of hydrogen-bond acceptors (Lipinski definition) is 3. The summed E-state index contributed by atoms with van der Waals surface area (Å²) in [6.45, 7) is 12.8. The van der Waals surface area contributed by atoms with Crippen LogP contribution in [0.2, 0.25) is 18.1 Å². The van der Waals surface area contributed by atoms with E-state index < -0.39 is 31.3 Å². The molecule has 0 aliphatic carbocycles. The Hall–Kier alpha value is -1.27. The Kier molecular flexibility index (Phi) is 7.19. The summed E-state index contributed by atoms with van der Waals surface area (Å²) in [4.78, 5) is 0.768. The number of aryl methyl sites for hydroxylation is 1. The van der Waals surface area contributed by atoms with Gasteiger partial charge in [0, 0.05) is 4.90 Å². The summed E-state index contributed by atoms with van der Waals surface area (Å²) < 4.78 is 19.5. The quantitative estimate of drug-likeness (QED) is 0.643. The summed E-state index contributed by atoms with van der Waals surface area (Å²) in [7, 11) is -3.38. The Morgan fingerprint density at radius 1 is 1.04 bits per heavy atom. The molecule has 0 saturated heterocycles. The van der Waals surface area contributed by atoms with Gasteiger partial charge in [-0.1, -0.05) is 68.8 Å². The van der Waals surface area contributed by atoms with Crippen LogP contribution in [0.5, 0.6) is 0 Å². The van der Waals surface area contributed by atoms with Crippen molar-refractivity contribution in [3.63, 3.8) is 0 Å². The van der Waals surface area contributed by atoms with Crippen LogP contribution in [0.1, 0.15) is 38.0 Å². The third kappa shape index (κ3) is 5.85. The minimum Gasteiger partial charge on any atom is -0.410 e. The zero-order valence-corrected chi connectivity index (χ0v) is 19.0. The Balaban J connectivity index is 2.28. The Labute approximate surface area is 167 Å². The van der Waals surface area contributed by atoms with Crippen molar-refractivity contribution in [1.82, 2.24) is 0 Å². The molecule has 0 spiro atoms. The fourth-order valence-electron chi connectivity index (χ4n) is 2.55. The molecule has 0 bridgehead atoms. The molecule has 2 aromatic rings. The van der Waals surface area contributed by atoms with E-state index in [2.05, 4.69) is 33.9 Å². The standard InChI is InChI=1S/C22H32O3SSi/c1-17-12-14-19(15-13-17)26(24)16-20(25-27(5,6)22(2,3)4)21(23)18-10-8-7-9-11-18/h7-15,20-21,23H,16H2,1-6H3/t20-,21-,26?/m1/s1. The minimum absolute atomic E-state index is 0.00695. The van der Waals surface area contributed by atoms with Gasteiger partial charge in [0.05, 0.1) is 22.7 Å². The molecule has 5 heteroatoms. The molecule has 2 rings (SSSR count). The van der Waals surface area contributed by atoms with Gasteiger partial charge < -0.3 is 9.53 Å². The second-order valence-corrected chi connectivity index (χ2v) is 14.8. The average molecular weight is 405 g/mol. The SMILES string of the molecule is Cc1ccc(S(=O)C[C@@H](O[Si](C)(C)C(C)(C)C)[C@H](O)c2ccccc2)cc1. The van der Waals surface area contributed by atoms with Crippen LogP contribution in [0.3, 0.4) is 0 Å². The molecule has 3 atom stereocenters. The zero-order valence-electron chi connectivity index (χ0n) is 17.2. The highest BCUT2D eigenvalue weighted by Gasteiger charge is 2.41. The molecule has 0 amide bonds. The van der Waals surface area contributed by atoms with Gasteiger partial charge in [0.1, 0.15) is 6.10 Å². The Bertz CT molecular complexity index is 751. The lowest BCUT2D eigenvalue weighted by atomic mass is 10.1. The second-order valence-electron chi connectivity index (χ2n) is 8.60. The van der Waals surface area contributed by atoms with Gasteiger partial charge in [0.2, 0.25) is 0 Å². The van der Waals surface area contributed by atoms with Crippen LogP contribution in [-0.4, -0.2) is 29.5 Å². The summed E-state index contributed by atoms with van der Waals surface area (Å²) in [5.41, 5.74) is 1.93. The number of benzene rings is 2. The molecule has 0 saturated carbocycles. The maximum atomic E-state index is 13.0. The fourth-order valence-corrected chi connectivity index (χ4v) is 5.17. The topological polar surface area (TPSA) is 46.5 Å². The molecule has 0 aliphatic rings. The van der Waals surface area contributed by atoms with Crippen LogP contribution < -0.4 is 0 Å². The van der Waals surface area contributed by atoms with Crippen LogP contribution in [0.4, 0.5) is 0 Å². The fraction of sp³-hybridized carbons (Fsp3) is 0.455. The van der Waals surface area contributed by atoms with Crippen LogP contribution >= 0.6 is 0 Å². The molecule has 2 aromatic carbocycles. The van der Waals surface area contributed by atoms with Gasteiger partial charge in [-0.05, 0) is 42.8 Å². The van der Waals surface area contributed by atoms with E-state index in [-0.39, 0.29) is 10.8 Å². The van der Waals surface area contributed by atoms with Crippen molar-refractivity contribution in [1.29, 1.82) is 0 Å². The lowest BCUT2D eigenvalue weighted by Gasteiger charge is -2.40. The summed E-state index contributed by atoms with van der Waals surface area (Å²) in [5.74, 6) is 0.269. The predicted octanol–water partition coefficient (Wildman–Crippen LogP) is 5.23. The highest BCUT2D eigenvalue weighted by molar-refractivity contribution is 7.85. The van der Waals surface area contributed by atoms with E-state index >= 15 is 0 Å². The maximum absolute atomic E-state index is 13.0. The second kappa shape index (κ2) is 8.82. The molecule has 148 valence electrons. The normalized spacial score (nSPS) is 16.0. The van der Waals surface area contributed by atoms with Crippen LogP contribution in [0.15, 0.2) is 59.5 Å². The number of rotatable bonds is 7. The van der Waals surface area contributed by atoms with Gasteiger partial charge in [-0.3, -0.25) is 4.21 Å². The molecule has 0 radical (unpaired) electrons. The third-order valence-corrected chi connectivity index (χ3v) is 11.3. The molecule has 27 heavy (non-hydrogen) atoms. The van der Waals surface area contributed by atoms with E-state index in [0.29, 0.717) is 0 Å². The van der Waals surface area contributed by atoms with E-state index in [1.807, 2.05) is 61.5 Å². The van der Waals surface area contributed by atoms with Crippen molar-refractivity contribution in [2.75, 3.05) is 5.75 Å². The van der Waals surface area contributed by atoms with Crippen LogP contribution in [-0.2, 0) is 15.2 Å². The average Bonchev–Trinajstić information content (AvgIpc) is 2.60. The number of aliphatic hydroxyl groups is 1. The molecule has 3 nitrogen and oxygen atoms in total. The van der Waals surface area contributed by atoms with Crippen LogP contribution in [0.25, 0.3) is 0 Å². The molecule has 0 heterocycles. The highest BCUT2D eigenvalue weighted by atomic mass is 32.2. The number of aliphatic hydroxyl groups excluding tert-OH is 1. The Morgan fingerprint density at radius 2 is 1.59 bits per heavy atom. The summed E-state index contributed by atoms with van der Waals surface area (Å²) in [5, 5.41) is 11.0. The molecule has 1 N–H and O–H groups in total. The molecule has 0 aliphatic heterocycles. The molecule has 1 unspecified atom stereocenters. The van der Waals surface area contributed by atoms with Gasteiger partial charge in [0.25, 0.3) is 0 Å². The summed E-state index contributed by atoms with van der Waals surface area (Å²) in [6.07, 6.45) is -1.33. The maximum Gasteiger partial charge on any atom is 0.192 e. The lowest BCUT2D eigenvalue weighted by molar-refractivity contribution is 0.0403. The van der Waals surface area contributed by atoms with E-state index in [1.165, 1.54) is 0 Å². The van der Waals surface area contributed by atoms with E-state index in [1.54, 1.807) is 0 Å². The van der Waals surface area contributed by atoms with Crippen molar-refractivity contribution in [3.05, 3.63) is 65.7 Å². The van der Waals surface area contributed by atoms with Crippen LogP contribution in [0, 0.1) is 6.92 Å². The molecular formula is C22H32O3SSi. The largest absolute Gasteiger partial charge is 0.410 e. The highest BCUT2D eigenvalue weighted by Crippen LogP contribution is 2.39. The van der Waals surface area contributed by atoms with Gasteiger partial charge in [0.15, 0.2) is 8.32 Å². The van der Waals surface area contributed by atoms with E-state index in [9.17, 15) is 9.32 Å². The van der Waals surface area contributed by atoms with Gasteiger partial charge in [-0.25, -0.2) is 0 Å². The van der Waals surface area contributed by atoms with Crippen molar-refractivity contribution in [2.24, 2.45) is 0 Å². The van der Waals surface area contributed by atoms with Gasteiger partial charge in [-0.2, -0.15) is 0 Å². The zero-order chi connectivity index (χ0) is 20.2. The molecule has 0 fully saturated rings. The van der Waals surface area contributed by atoms with Crippen molar-refractivity contribution >= 4 is 19.1 Å². The van der Waals surface area contributed by atoms with Gasteiger partial charge in [-0.15, -0.1) is 0 Å². The molecule has 0 aromatic heterocycles. The third-order valence-electron chi connectivity index (χ3n) is 5.34. The molecular weight excluding hydrogens is 372 g/mol. The first-order valence-electron chi connectivity index (χ1n) is 9.37. The first-order valence-corrected chi connectivity index (χ1v) is 13.6. The first kappa shape index (κ1) is 22.0. The lowest BCUT2D eigenvalue weighted by Crippen LogP contribution is -2.47. The number of hydrogen-bond donors (Lipinski definition) is 1. The Morgan fingerprint density at radius 3 is 2.11 bits per heavy atom. The summed E-state index contributed by atoms with van der Waals surface area (Å²) >= 11 is 0. The van der Waals surface area contributed by atoms with Crippen molar-refractivity contribution < 1.29 is 13.7 Å². The first-order chi connectivity index (χ1) is 12.5.